The Morgan fingerprint density at radius 1 is 1.53 bits per heavy atom. The van der Waals surface area contributed by atoms with Crippen molar-refractivity contribution in [1.29, 1.82) is 0 Å². The van der Waals surface area contributed by atoms with Crippen molar-refractivity contribution in [2.45, 2.75) is 45.8 Å². The van der Waals surface area contributed by atoms with Crippen LogP contribution in [0.15, 0.2) is 10.7 Å². The first-order chi connectivity index (χ1) is 8.67. The number of aromatic nitrogens is 1. The standard InChI is InChI=1S/C12H18N2O5/c1-7(13-11(17)19-12(2,3)4)5-9-14-8(6-18-9)10(15)16/h6-7H,5H2,1-4H3,(H,13,17)(H,15,16). The molecule has 0 radical (unpaired) electrons. The van der Waals surface area contributed by atoms with Gasteiger partial charge in [-0.3, -0.25) is 0 Å². The van der Waals surface area contributed by atoms with Gasteiger partial charge in [-0.05, 0) is 27.7 Å². The second kappa shape index (κ2) is 5.73. The van der Waals surface area contributed by atoms with Crippen molar-refractivity contribution in [3.05, 3.63) is 17.8 Å². The van der Waals surface area contributed by atoms with Crippen molar-refractivity contribution < 1.29 is 23.8 Å². The van der Waals surface area contributed by atoms with Crippen molar-refractivity contribution in [2.24, 2.45) is 0 Å². The van der Waals surface area contributed by atoms with E-state index in [1.807, 2.05) is 0 Å². The highest BCUT2D eigenvalue weighted by Gasteiger charge is 2.19. The Balaban J connectivity index is 2.48. The molecule has 2 N–H and O–H groups in total. The normalized spacial score (nSPS) is 12.8. The molecule has 0 aromatic carbocycles. The van der Waals surface area contributed by atoms with Gasteiger partial charge < -0.3 is 19.6 Å². The zero-order valence-corrected chi connectivity index (χ0v) is 11.4. The largest absolute Gasteiger partial charge is 0.476 e. The number of aromatic carboxylic acids is 1. The molecule has 1 atom stereocenters. The molecule has 0 saturated carbocycles. The van der Waals surface area contributed by atoms with Crippen LogP contribution in [0.4, 0.5) is 4.79 Å². The van der Waals surface area contributed by atoms with Crippen molar-refractivity contribution in [3.63, 3.8) is 0 Å². The van der Waals surface area contributed by atoms with E-state index in [-0.39, 0.29) is 24.0 Å². The molecule has 0 fully saturated rings. The Kier molecular flexibility index (Phi) is 4.52. The van der Waals surface area contributed by atoms with Crippen LogP contribution in [0.5, 0.6) is 0 Å². The number of carbonyl (C=O) groups is 2. The van der Waals surface area contributed by atoms with Gasteiger partial charge in [0.25, 0.3) is 0 Å². The summed E-state index contributed by atoms with van der Waals surface area (Å²) < 4.78 is 10.1. The first kappa shape index (κ1) is 15.0. The van der Waals surface area contributed by atoms with Gasteiger partial charge in [-0.1, -0.05) is 0 Å². The molecule has 1 unspecified atom stereocenters. The molecular weight excluding hydrogens is 252 g/mol. The highest BCUT2D eigenvalue weighted by Crippen LogP contribution is 2.08. The number of carbonyl (C=O) groups excluding carboxylic acids is 1. The topological polar surface area (TPSA) is 102 Å². The van der Waals surface area contributed by atoms with Crippen LogP contribution in [0.1, 0.15) is 44.1 Å². The first-order valence-electron chi connectivity index (χ1n) is 5.84. The minimum Gasteiger partial charge on any atom is -0.476 e. The lowest BCUT2D eigenvalue weighted by Crippen LogP contribution is -2.38. The lowest BCUT2D eigenvalue weighted by Gasteiger charge is -2.21. The van der Waals surface area contributed by atoms with Crippen LogP contribution < -0.4 is 5.32 Å². The molecule has 7 nitrogen and oxygen atoms in total. The number of rotatable bonds is 4. The van der Waals surface area contributed by atoms with E-state index < -0.39 is 17.7 Å². The maximum Gasteiger partial charge on any atom is 0.407 e. The fourth-order valence-electron chi connectivity index (χ4n) is 1.32. The van der Waals surface area contributed by atoms with E-state index >= 15 is 0 Å². The molecule has 106 valence electrons. The number of oxazole rings is 1. The quantitative estimate of drug-likeness (QED) is 0.865. The fraction of sp³-hybridized carbons (Fsp3) is 0.583. The fourth-order valence-corrected chi connectivity index (χ4v) is 1.32. The third kappa shape index (κ3) is 5.41. The summed E-state index contributed by atoms with van der Waals surface area (Å²) in [6.45, 7) is 7.05. The summed E-state index contributed by atoms with van der Waals surface area (Å²) in [5.74, 6) is -0.899. The third-order valence-corrected chi connectivity index (χ3v) is 2.01. The maximum atomic E-state index is 11.5. The Morgan fingerprint density at radius 3 is 2.63 bits per heavy atom. The average Bonchev–Trinajstić information content (AvgIpc) is 2.62. The molecule has 1 heterocycles. The van der Waals surface area contributed by atoms with E-state index in [1.54, 1.807) is 27.7 Å². The van der Waals surface area contributed by atoms with Crippen LogP contribution in [0.3, 0.4) is 0 Å². The first-order valence-corrected chi connectivity index (χ1v) is 5.84. The van der Waals surface area contributed by atoms with Crippen LogP contribution in [-0.4, -0.2) is 33.8 Å². The number of nitrogens with zero attached hydrogens (tertiary/aromatic N) is 1. The van der Waals surface area contributed by atoms with Gasteiger partial charge in [-0.2, -0.15) is 0 Å². The minimum absolute atomic E-state index is 0.153. The van der Waals surface area contributed by atoms with E-state index in [2.05, 4.69) is 10.3 Å². The molecule has 1 amide bonds. The summed E-state index contributed by atoms with van der Waals surface area (Å²) in [5, 5.41) is 11.3. The summed E-state index contributed by atoms with van der Waals surface area (Å²) in [6, 6.07) is -0.282. The lowest BCUT2D eigenvalue weighted by atomic mass is 10.2. The van der Waals surface area contributed by atoms with E-state index in [4.69, 9.17) is 14.3 Å². The highest BCUT2D eigenvalue weighted by molar-refractivity contribution is 5.84. The molecule has 0 saturated heterocycles. The Hall–Kier alpha value is -2.05. The van der Waals surface area contributed by atoms with Gasteiger partial charge in [0.15, 0.2) is 11.6 Å². The number of amides is 1. The second-order valence-corrected chi connectivity index (χ2v) is 5.18. The van der Waals surface area contributed by atoms with Crippen molar-refractivity contribution in [2.75, 3.05) is 0 Å². The second-order valence-electron chi connectivity index (χ2n) is 5.18. The smallest absolute Gasteiger partial charge is 0.407 e. The summed E-state index contributed by atoms with van der Waals surface area (Å²) in [6.07, 6.45) is 0.815. The Morgan fingerprint density at radius 2 is 2.16 bits per heavy atom. The van der Waals surface area contributed by atoms with Gasteiger partial charge in [0.2, 0.25) is 0 Å². The van der Waals surface area contributed by atoms with Crippen molar-refractivity contribution in [3.8, 4) is 0 Å². The summed E-state index contributed by atoms with van der Waals surface area (Å²) in [4.78, 5) is 25.9. The van der Waals surface area contributed by atoms with Crippen molar-refractivity contribution in [1.82, 2.24) is 10.3 Å². The van der Waals surface area contributed by atoms with Gasteiger partial charge in [-0.25, -0.2) is 14.6 Å². The molecule has 0 aliphatic heterocycles. The molecule has 0 aliphatic rings. The van der Waals surface area contributed by atoms with Crippen LogP contribution in [0.2, 0.25) is 0 Å². The molecule has 0 bridgehead atoms. The number of alkyl carbamates (subject to hydrolysis) is 1. The van der Waals surface area contributed by atoms with E-state index in [9.17, 15) is 9.59 Å². The molecule has 7 heteroatoms. The van der Waals surface area contributed by atoms with Crippen LogP contribution >= 0.6 is 0 Å². The van der Waals surface area contributed by atoms with E-state index in [0.717, 1.165) is 6.26 Å². The predicted molar refractivity (Wildman–Crippen MR) is 66.0 cm³/mol. The van der Waals surface area contributed by atoms with Crippen molar-refractivity contribution >= 4 is 12.1 Å². The predicted octanol–water partition coefficient (Wildman–Crippen LogP) is 1.83. The van der Waals surface area contributed by atoms with Gasteiger partial charge >= 0.3 is 12.1 Å². The average molecular weight is 270 g/mol. The highest BCUT2D eigenvalue weighted by atomic mass is 16.6. The molecule has 19 heavy (non-hydrogen) atoms. The number of carboxylic acids is 1. The SMILES string of the molecule is CC(Cc1nc(C(=O)O)co1)NC(=O)OC(C)(C)C. The van der Waals surface area contributed by atoms with E-state index in [1.165, 1.54) is 0 Å². The van der Waals surface area contributed by atoms with Crippen LogP contribution in [-0.2, 0) is 11.2 Å². The van der Waals surface area contributed by atoms with Gasteiger partial charge in [-0.15, -0.1) is 0 Å². The van der Waals surface area contributed by atoms with Crippen LogP contribution in [0.25, 0.3) is 0 Å². The summed E-state index contributed by atoms with van der Waals surface area (Å²) in [5.41, 5.74) is -0.720. The number of hydrogen-bond acceptors (Lipinski definition) is 5. The molecule has 0 spiro atoms. The Bertz CT molecular complexity index is 461. The number of nitrogens with one attached hydrogen (secondary N) is 1. The third-order valence-electron chi connectivity index (χ3n) is 2.01. The number of hydrogen-bond donors (Lipinski definition) is 2. The zero-order valence-electron chi connectivity index (χ0n) is 11.4. The molecule has 1 aromatic heterocycles. The molecule has 1 rings (SSSR count). The summed E-state index contributed by atoms with van der Waals surface area (Å²) in [7, 11) is 0. The number of carboxylic acid groups (broad SMARTS) is 1. The minimum atomic E-state index is -1.15. The van der Waals surface area contributed by atoms with Crippen LogP contribution in [0, 0.1) is 0 Å². The van der Waals surface area contributed by atoms with Gasteiger partial charge in [0, 0.05) is 12.5 Å². The number of ether oxygens (including phenoxy) is 1. The molecule has 0 aliphatic carbocycles. The monoisotopic (exact) mass is 270 g/mol. The molecular formula is C12H18N2O5. The lowest BCUT2D eigenvalue weighted by molar-refractivity contribution is 0.0506. The van der Waals surface area contributed by atoms with E-state index in [0.29, 0.717) is 0 Å². The molecule has 1 aromatic rings. The van der Waals surface area contributed by atoms with Gasteiger partial charge in [0.1, 0.15) is 11.9 Å². The Labute approximate surface area is 111 Å². The van der Waals surface area contributed by atoms with Gasteiger partial charge in [0.05, 0.1) is 0 Å². The summed E-state index contributed by atoms with van der Waals surface area (Å²) >= 11 is 0. The zero-order chi connectivity index (χ0) is 14.6. The maximum absolute atomic E-state index is 11.5.